The zero-order valence-corrected chi connectivity index (χ0v) is 20.4. The minimum absolute atomic E-state index is 0. The Balaban J connectivity index is 0.00000300. The third-order valence-corrected chi connectivity index (χ3v) is 5.51. The highest BCUT2D eigenvalue weighted by Gasteiger charge is 2.27. The topological polar surface area (TPSA) is 69.6 Å². The lowest BCUT2D eigenvalue weighted by atomic mass is 10.2. The summed E-state index contributed by atoms with van der Waals surface area (Å²) in [5, 5.41) is 9.83. The van der Waals surface area contributed by atoms with Crippen LogP contribution in [-0.4, -0.2) is 47.4 Å². The predicted molar refractivity (Wildman–Crippen MR) is 131 cm³/mol. The molecule has 2 heterocycles. The molecule has 2 aromatic rings. The van der Waals surface area contributed by atoms with Gasteiger partial charge in [0.1, 0.15) is 5.01 Å². The summed E-state index contributed by atoms with van der Waals surface area (Å²) in [5.41, 5.74) is 2.12. The Labute approximate surface area is 194 Å². The van der Waals surface area contributed by atoms with Gasteiger partial charge in [0.25, 0.3) is 0 Å². The molecule has 0 bridgehead atoms. The third kappa shape index (κ3) is 6.67. The minimum Gasteiger partial charge on any atom is -0.357 e. The first-order valence-corrected chi connectivity index (χ1v) is 10.8. The third-order valence-electron chi connectivity index (χ3n) is 4.67. The Morgan fingerprint density at radius 1 is 1.34 bits per heavy atom. The van der Waals surface area contributed by atoms with Crippen molar-refractivity contribution in [2.45, 2.75) is 39.8 Å². The highest BCUT2D eigenvalue weighted by Crippen LogP contribution is 2.22. The second kappa shape index (κ2) is 11.5. The lowest BCUT2D eigenvalue weighted by Crippen LogP contribution is -2.45. The first kappa shape index (κ1) is 23.6. The molecule has 1 saturated heterocycles. The van der Waals surface area contributed by atoms with Gasteiger partial charge < -0.3 is 15.5 Å². The monoisotopic (exact) mass is 527 g/mol. The van der Waals surface area contributed by atoms with E-state index in [4.69, 9.17) is 9.98 Å². The van der Waals surface area contributed by atoms with Crippen molar-refractivity contribution in [1.82, 2.24) is 20.5 Å². The standard InChI is InChI=1S/C21H29N5OS.HI/c1-4-22-21(24-17-10-11-26(13-17)20(27)15(2)3)23-12-19-25-18(14-28-19)16-8-6-5-7-9-16;/h5-9,14-15,17H,4,10-13H2,1-3H3,(H2,22,23,24);1H. The van der Waals surface area contributed by atoms with Crippen molar-refractivity contribution in [3.63, 3.8) is 0 Å². The molecular weight excluding hydrogens is 497 g/mol. The Morgan fingerprint density at radius 3 is 2.79 bits per heavy atom. The molecule has 6 nitrogen and oxygen atoms in total. The number of halogens is 1. The normalized spacial score (nSPS) is 16.6. The molecule has 0 spiro atoms. The van der Waals surface area contributed by atoms with Gasteiger partial charge in [0.15, 0.2) is 5.96 Å². The molecule has 2 N–H and O–H groups in total. The smallest absolute Gasteiger partial charge is 0.225 e. The number of hydrogen-bond donors (Lipinski definition) is 2. The molecule has 8 heteroatoms. The average molecular weight is 527 g/mol. The lowest BCUT2D eigenvalue weighted by molar-refractivity contribution is -0.133. The van der Waals surface area contributed by atoms with E-state index >= 15 is 0 Å². The van der Waals surface area contributed by atoms with Crippen LogP contribution < -0.4 is 10.6 Å². The molecule has 0 saturated carbocycles. The van der Waals surface area contributed by atoms with E-state index in [-0.39, 0.29) is 41.8 Å². The van der Waals surface area contributed by atoms with Crippen LogP contribution in [0.4, 0.5) is 0 Å². The first-order chi connectivity index (χ1) is 13.6. The van der Waals surface area contributed by atoms with Gasteiger partial charge in [0.2, 0.25) is 5.91 Å². The number of thiazole rings is 1. The van der Waals surface area contributed by atoms with Gasteiger partial charge in [0, 0.05) is 42.5 Å². The second-order valence-electron chi connectivity index (χ2n) is 7.26. The number of carbonyl (C=O) groups excluding carboxylic acids is 1. The highest BCUT2D eigenvalue weighted by molar-refractivity contribution is 14.0. The maximum Gasteiger partial charge on any atom is 0.225 e. The number of nitrogens with one attached hydrogen (secondary N) is 2. The van der Waals surface area contributed by atoms with Gasteiger partial charge in [-0.25, -0.2) is 9.98 Å². The fourth-order valence-corrected chi connectivity index (χ4v) is 3.96. The van der Waals surface area contributed by atoms with E-state index in [2.05, 4.69) is 35.1 Å². The van der Waals surface area contributed by atoms with Gasteiger partial charge in [-0.3, -0.25) is 4.79 Å². The molecule has 1 fully saturated rings. The van der Waals surface area contributed by atoms with Crippen LogP contribution in [-0.2, 0) is 11.3 Å². The van der Waals surface area contributed by atoms with Crippen LogP contribution in [0.2, 0.25) is 0 Å². The molecule has 1 aliphatic rings. The van der Waals surface area contributed by atoms with Gasteiger partial charge in [0.05, 0.1) is 12.2 Å². The molecule has 3 rings (SSSR count). The van der Waals surface area contributed by atoms with Crippen LogP contribution in [0.25, 0.3) is 11.3 Å². The average Bonchev–Trinajstić information content (AvgIpc) is 3.36. The van der Waals surface area contributed by atoms with Crippen molar-refractivity contribution in [1.29, 1.82) is 0 Å². The van der Waals surface area contributed by atoms with Crippen LogP contribution in [0.15, 0.2) is 40.7 Å². The van der Waals surface area contributed by atoms with Gasteiger partial charge in [-0.1, -0.05) is 44.2 Å². The molecule has 1 aromatic carbocycles. The molecule has 1 unspecified atom stereocenters. The Kier molecular flexibility index (Phi) is 9.35. The molecule has 158 valence electrons. The van der Waals surface area contributed by atoms with Gasteiger partial charge in [-0.15, -0.1) is 35.3 Å². The van der Waals surface area contributed by atoms with Crippen molar-refractivity contribution in [3.05, 3.63) is 40.7 Å². The van der Waals surface area contributed by atoms with E-state index in [1.165, 1.54) is 0 Å². The van der Waals surface area contributed by atoms with Crippen LogP contribution in [0.1, 0.15) is 32.2 Å². The number of aliphatic imine (C=N–C) groups is 1. The fourth-order valence-electron chi connectivity index (χ4n) is 3.23. The molecule has 29 heavy (non-hydrogen) atoms. The summed E-state index contributed by atoms with van der Waals surface area (Å²) in [7, 11) is 0. The van der Waals surface area contributed by atoms with E-state index in [0.717, 1.165) is 48.3 Å². The fraction of sp³-hybridized carbons (Fsp3) is 0.476. The van der Waals surface area contributed by atoms with Gasteiger partial charge in [-0.2, -0.15) is 0 Å². The quantitative estimate of drug-likeness (QED) is 0.341. The molecule has 1 atom stereocenters. The van der Waals surface area contributed by atoms with E-state index in [1.807, 2.05) is 36.9 Å². The summed E-state index contributed by atoms with van der Waals surface area (Å²) in [6, 6.07) is 10.4. The SMILES string of the molecule is CCNC(=NCc1nc(-c2ccccc2)cs1)NC1CCN(C(=O)C(C)C)C1.I. The van der Waals surface area contributed by atoms with Crippen molar-refractivity contribution in [2.75, 3.05) is 19.6 Å². The van der Waals surface area contributed by atoms with Gasteiger partial charge in [-0.05, 0) is 13.3 Å². The first-order valence-electron chi connectivity index (χ1n) is 9.90. The molecule has 0 radical (unpaired) electrons. The number of likely N-dealkylation sites (tertiary alicyclic amines) is 1. The van der Waals surface area contributed by atoms with Crippen molar-refractivity contribution in [2.24, 2.45) is 10.9 Å². The molecule has 1 amide bonds. The molecule has 1 aliphatic heterocycles. The number of rotatable bonds is 6. The summed E-state index contributed by atoms with van der Waals surface area (Å²) in [6.07, 6.45) is 0.943. The lowest BCUT2D eigenvalue weighted by Gasteiger charge is -2.20. The van der Waals surface area contributed by atoms with E-state index in [1.54, 1.807) is 11.3 Å². The molecule has 1 aromatic heterocycles. The summed E-state index contributed by atoms with van der Waals surface area (Å²) < 4.78 is 0. The van der Waals surface area contributed by atoms with Crippen molar-refractivity contribution < 1.29 is 4.79 Å². The highest BCUT2D eigenvalue weighted by atomic mass is 127. The zero-order chi connectivity index (χ0) is 19.9. The van der Waals surface area contributed by atoms with Crippen LogP contribution in [0.5, 0.6) is 0 Å². The maximum atomic E-state index is 12.2. The summed E-state index contributed by atoms with van der Waals surface area (Å²) in [4.78, 5) is 23.5. The predicted octanol–water partition coefficient (Wildman–Crippen LogP) is 3.74. The molecule has 0 aliphatic carbocycles. The van der Waals surface area contributed by atoms with Crippen molar-refractivity contribution >= 4 is 47.2 Å². The number of amides is 1. The minimum atomic E-state index is 0. The van der Waals surface area contributed by atoms with Crippen LogP contribution in [0, 0.1) is 5.92 Å². The summed E-state index contributed by atoms with van der Waals surface area (Å²) >= 11 is 1.63. The molecular formula is C21H30IN5OS. The number of benzene rings is 1. The number of aromatic nitrogens is 1. The zero-order valence-electron chi connectivity index (χ0n) is 17.2. The Bertz CT molecular complexity index is 808. The van der Waals surface area contributed by atoms with Crippen LogP contribution >= 0.6 is 35.3 Å². The number of guanidine groups is 1. The number of nitrogens with zero attached hydrogens (tertiary/aromatic N) is 3. The second-order valence-corrected chi connectivity index (χ2v) is 8.20. The Hall–Kier alpha value is -1.68. The Morgan fingerprint density at radius 2 is 2.10 bits per heavy atom. The van der Waals surface area contributed by atoms with E-state index < -0.39 is 0 Å². The van der Waals surface area contributed by atoms with E-state index in [0.29, 0.717) is 6.54 Å². The number of hydrogen-bond acceptors (Lipinski definition) is 4. The summed E-state index contributed by atoms with van der Waals surface area (Å²) in [5.74, 6) is 1.05. The summed E-state index contributed by atoms with van der Waals surface area (Å²) in [6.45, 7) is 8.82. The maximum absolute atomic E-state index is 12.2. The van der Waals surface area contributed by atoms with Gasteiger partial charge >= 0.3 is 0 Å². The number of carbonyl (C=O) groups is 1. The van der Waals surface area contributed by atoms with Crippen molar-refractivity contribution in [3.8, 4) is 11.3 Å². The van der Waals surface area contributed by atoms with Crippen LogP contribution in [0.3, 0.4) is 0 Å². The largest absolute Gasteiger partial charge is 0.357 e. The van der Waals surface area contributed by atoms with E-state index in [9.17, 15) is 4.79 Å².